The summed E-state index contributed by atoms with van der Waals surface area (Å²) in [5.41, 5.74) is 6.01. The Balaban J connectivity index is 1.79. The van der Waals surface area contributed by atoms with Crippen LogP contribution < -0.4 is 5.73 Å². The van der Waals surface area contributed by atoms with Crippen LogP contribution in [0.2, 0.25) is 0 Å². The molecular weight excluding hydrogens is 280 g/mol. The van der Waals surface area contributed by atoms with Gasteiger partial charge in [-0.25, -0.2) is 15.0 Å². The number of piperidine rings is 1. The summed E-state index contributed by atoms with van der Waals surface area (Å²) in [6.45, 7) is 3.46. The SMILES string of the molecule is CCc1nccn1[C@H]1CCCN(C(=O)c2nccnc2N)C1. The fourth-order valence-corrected chi connectivity index (χ4v) is 2.98. The van der Waals surface area contributed by atoms with E-state index in [2.05, 4.69) is 26.4 Å². The van der Waals surface area contributed by atoms with Crippen LogP contribution in [-0.4, -0.2) is 43.4 Å². The number of anilines is 1. The molecule has 0 spiro atoms. The highest BCUT2D eigenvalue weighted by Crippen LogP contribution is 2.24. The van der Waals surface area contributed by atoms with Gasteiger partial charge in [0.15, 0.2) is 11.5 Å². The first-order chi connectivity index (χ1) is 10.7. The molecule has 0 aliphatic carbocycles. The van der Waals surface area contributed by atoms with E-state index in [0.29, 0.717) is 6.54 Å². The highest BCUT2D eigenvalue weighted by Gasteiger charge is 2.28. The van der Waals surface area contributed by atoms with Crippen molar-refractivity contribution in [1.82, 2.24) is 24.4 Å². The highest BCUT2D eigenvalue weighted by atomic mass is 16.2. The van der Waals surface area contributed by atoms with E-state index in [-0.39, 0.29) is 23.5 Å². The Kier molecular flexibility index (Phi) is 4.04. The zero-order valence-electron chi connectivity index (χ0n) is 12.6. The predicted octanol–water partition coefficient (Wildman–Crippen LogP) is 1.29. The van der Waals surface area contributed by atoms with Crippen molar-refractivity contribution in [2.45, 2.75) is 32.2 Å². The lowest BCUT2D eigenvalue weighted by molar-refractivity contribution is 0.0673. The van der Waals surface area contributed by atoms with Crippen LogP contribution in [0.25, 0.3) is 0 Å². The second-order valence-corrected chi connectivity index (χ2v) is 5.44. The molecule has 1 fully saturated rings. The number of hydrogen-bond acceptors (Lipinski definition) is 5. The normalized spacial score (nSPS) is 18.4. The summed E-state index contributed by atoms with van der Waals surface area (Å²) in [7, 11) is 0. The quantitative estimate of drug-likeness (QED) is 0.922. The van der Waals surface area contributed by atoms with Crippen LogP contribution in [0.1, 0.15) is 42.1 Å². The van der Waals surface area contributed by atoms with Gasteiger partial charge in [0.1, 0.15) is 5.82 Å². The number of amides is 1. The number of aryl methyl sites for hydroxylation is 1. The van der Waals surface area contributed by atoms with Crippen molar-refractivity contribution in [3.8, 4) is 0 Å². The van der Waals surface area contributed by atoms with Gasteiger partial charge in [0.05, 0.1) is 6.04 Å². The van der Waals surface area contributed by atoms with Gasteiger partial charge in [-0.2, -0.15) is 0 Å². The van der Waals surface area contributed by atoms with Crippen molar-refractivity contribution in [3.63, 3.8) is 0 Å². The summed E-state index contributed by atoms with van der Waals surface area (Å²) in [4.78, 5) is 26.8. The summed E-state index contributed by atoms with van der Waals surface area (Å²) in [5, 5.41) is 0. The van der Waals surface area contributed by atoms with E-state index in [0.717, 1.165) is 31.6 Å². The Labute approximate surface area is 129 Å². The molecule has 2 aromatic rings. The molecule has 7 heteroatoms. The first-order valence-corrected chi connectivity index (χ1v) is 7.58. The van der Waals surface area contributed by atoms with Gasteiger partial charge in [0, 0.05) is 44.3 Å². The zero-order chi connectivity index (χ0) is 15.5. The molecule has 1 saturated heterocycles. The molecule has 1 amide bonds. The molecule has 116 valence electrons. The fraction of sp³-hybridized carbons (Fsp3) is 0.467. The average molecular weight is 300 g/mol. The number of likely N-dealkylation sites (tertiary alicyclic amines) is 1. The summed E-state index contributed by atoms with van der Waals surface area (Å²) in [6.07, 6.45) is 9.68. The Bertz CT molecular complexity index is 668. The predicted molar refractivity (Wildman–Crippen MR) is 82.2 cm³/mol. The minimum Gasteiger partial charge on any atom is -0.382 e. The molecule has 0 saturated carbocycles. The van der Waals surface area contributed by atoms with E-state index in [1.165, 1.54) is 12.4 Å². The topological polar surface area (TPSA) is 89.9 Å². The molecule has 0 radical (unpaired) electrons. The number of nitrogen functional groups attached to an aromatic ring is 1. The monoisotopic (exact) mass is 300 g/mol. The minimum absolute atomic E-state index is 0.145. The van der Waals surface area contributed by atoms with Crippen LogP contribution in [0.5, 0.6) is 0 Å². The van der Waals surface area contributed by atoms with Crippen molar-refractivity contribution in [2.24, 2.45) is 0 Å². The van der Waals surface area contributed by atoms with Gasteiger partial charge < -0.3 is 15.2 Å². The second-order valence-electron chi connectivity index (χ2n) is 5.44. The van der Waals surface area contributed by atoms with Crippen LogP contribution in [0.4, 0.5) is 5.82 Å². The van der Waals surface area contributed by atoms with Crippen molar-refractivity contribution in [2.75, 3.05) is 18.8 Å². The number of imidazole rings is 1. The summed E-state index contributed by atoms with van der Waals surface area (Å²) in [6, 6.07) is 0.257. The molecule has 3 heterocycles. The van der Waals surface area contributed by atoms with E-state index in [1.54, 1.807) is 0 Å². The minimum atomic E-state index is -0.145. The van der Waals surface area contributed by atoms with Gasteiger partial charge in [0.2, 0.25) is 0 Å². The van der Waals surface area contributed by atoms with Crippen LogP contribution in [-0.2, 0) is 6.42 Å². The number of aromatic nitrogens is 4. The van der Waals surface area contributed by atoms with Gasteiger partial charge in [-0.3, -0.25) is 4.79 Å². The van der Waals surface area contributed by atoms with Crippen molar-refractivity contribution in [3.05, 3.63) is 36.3 Å². The molecule has 2 aromatic heterocycles. The molecular formula is C15H20N6O. The fourth-order valence-electron chi connectivity index (χ4n) is 2.98. The molecule has 1 atom stereocenters. The third kappa shape index (κ3) is 2.66. The standard InChI is InChI=1S/C15H20N6O/c1-2-12-17-7-9-21(12)11-4-3-8-20(10-11)15(22)13-14(16)19-6-5-18-13/h5-7,9,11H,2-4,8,10H2,1H3,(H2,16,19)/t11-/m0/s1. The molecule has 2 N–H and O–H groups in total. The Morgan fingerprint density at radius 1 is 1.32 bits per heavy atom. The van der Waals surface area contributed by atoms with Crippen LogP contribution in [0.3, 0.4) is 0 Å². The molecule has 1 aliphatic heterocycles. The largest absolute Gasteiger partial charge is 0.382 e. The number of carbonyl (C=O) groups excluding carboxylic acids is 1. The third-order valence-corrected chi connectivity index (χ3v) is 4.07. The van der Waals surface area contributed by atoms with E-state index in [9.17, 15) is 4.79 Å². The van der Waals surface area contributed by atoms with E-state index in [1.807, 2.05) is 17.3 Å². The molecule has 0 unspecified atom stereocenters. The first kappa shape index (κ1) is 14.5. The highest BCUT2D eigenvalue weighted by molar-refractivity contribution is 5.96. The van der Waals surface area contributed by atoms with E-state index in [4.69, 9.17) is 5.73 Å². The van der Waals surface area contributed by atoms with Gasteiger partial charge >= 0.3 is 0 Å². The van der Waals surface area contributed by atoms with E-state index >= 15 is 0 Å². The van der Waals surface area contributed by atoms with Crippen LogP contribution in [0.15, 0.2) is 24.8 Å². The molecule has 0 bridgehead atoms. The summed E-state index contributed by atoms with van der Waals surface area (Å²) < 4.78 is 2.18. The Morgan fingerprint density at radius 2 is 2.14 bits per heavy atom. The van der Waals surface area contributed by atoms with Crippen molar-refractivity contribution in [1.29, 1.82) is 0 Å². The number of rotatable bonds is 3. The summed E-state index contributed by atoms with van der Waals surface area (Å²) >= 11 is 0. The number of carbonyl (C=O) groups is 1. The molecule has 7 nitrogen and oxygen atoms in total. The number of nitrogens with two attached hydrogens (primary N) is 1. The lowest BCUT2D eigenvalue weighted by Crippen LogP contribution is -2.41. The molecule has 1 aliphatic rings. The Hall–Kier alpha value is -2.44. The maximum absolute atomic E-state index is 12.6. The van der Waals surface area contributed by atoms with Crippen LogP contribution in [0, 0.1) is 0 Å². The molecule has 0 aromatic carbocycles. The van der Waals surface area contributed by atoms with Crippen LogP contribution >= 0.6 is 0 Å². The lowest BCUT2D eigenvalue weighted by Gasteiger charge is -2.34. The van der Waals surface area contributed by atoms with Gasteiger partial charge in [0.25, 0.3) is 5.91 Å². The number of hydrogen-bond donors (Lipinski definition) is 1. The molecule has 22 heavy (non-hydrogen) atoms. The summed E-state index contributed by atoms with van der Waals surface area (Å²) in [5.74, 6) is 1.10. The number of nitrogens with zero attached hydrogens (tertiary/aromatic N) is 5. The average Bonchev–Trinajstić information content (AvgIpc) is 3.03. The molecule has 3 rings (SSSR count). The van der Waals surface area contributed by atoms with Gasteiger partial charge in [-0.1, -0.05) is 6.92 Å². The van der Waals surface area contributed by atoms with E-state index < -0.39 is 0 Å². The lowest BCUT2D eigenvalue weighted by atomic mass is 10.0. The van der Waals surface area contributed by atoms with Gasteiger partial charge in [-0.05, 0) is 12.8 Å². The van der Waals surface area contributed by atoms with Gasteiger partial charge in [-0.15, -0.1) is 0 Å². The second kappa shape index (κ2) is 6.13. The van der Waals surface area contributed by atoms with Crippen molar-refractivity contribution < 1.29 is 4.79 Å². The smallest absolute Gasteiger partial charge is 0.276 e. The third-order valence-electron chi connectivity index (χ3n) is 4.07. The zero-order valence-corrected chi connectivity index (χ0v) is 12.6. The van der Waals surface area contributed by atoms with Crippen molar-refractivity contribution >= 4 is 11.7 Å². The maximum atomic E-state index is 12.6. The first-order valence-electron chi connectivity index (χ1n) is 7.58. The maximum Gasteiger partial charge on any atom is 0.276 e. The Morgan fingerprint density at radius 3 is 2.91 bits per heavy atom.